The molecule has 4 aliphatic carbocycles. The number of benzene rings is 3. The molecule has 50 heavy (non-hydrogen) atoms. The van der Waals surface area contributed by atoms with Crippen LogP contribution in [0.1, 0.15) is 85.1 Å². The van der Waals surface area contributed by atoms with E-state index in [-0.39, 0.29) is 36.3 Å². The van der Waals surface area contributed by atoms with E-state index in [1.54, 1.807) is 23.1 Å². The van der Waals surface area contributed by atoms with Gasteiger partial charge in [-0.15, -0.1) is 10.2 Å². The summed E-state index contributed by atoms with van der Waals surface area (Å²) in [7, 11) is 0. The van der Waals surface area contributed by atoms with Gasteiger partial charge < -0.3 is 25.2 Å². The molecular weight excluding hydrogens is 665 g/mol. The van der Waals surface area contributed by atoms with Gasteiger partial charge in [-0.05, 0) is 91.0 Å². The zero-order valence-electron chi connectivity index (χ0n) is 28.7. The van der Waals surface area contributed by atoms with Gasteiger partial charge in [0.25, 0.3) is 0 Å². The molecule has 5 aliphatic rings. The quantitative estimate of drug-likeness (QED) is 0.142. The maximum atomic E-state index is 13.2. The molecule has 2 heterocycles. The number of urea groups is 1. The summed E-state index contributed by atoms with van der Waals surface area (Å²) in [6.45, 7) is 4.62. The summed E-state index contributed by atoms with van der Waals surface area (Å²) in [5.41, 5.74) is 6.13. The fourth-order valence-electron chi connectivity index (χ4n) is 9.30. The summed E-state index contributed by atoms with van der Waals surface area (Å²) in [5, 5.41) is 25.7. The first kappa shape index (κ1) is 33.8. The number of ether oxygens (including phenoxy) is 2. The predicted octanol–water partition coefficient (Wildman–Crippen LogP) is 8.36. The normalized spacial score (nSPS) is 29.9. The van der Waals surface area contributed by atoms with Crippen molar-refractivity contribution < 1.29 is 19.4 Å². The van der Waals surface area contributed by atoms with E-state index in [0.29, 0.717) is 6.54 Å². The number of nitrogens with zero attached hydrogens (tertiary/aromatic N) is 2. The SMILES string of the molecule is Cc1nnc(SCC2OC(c3ccc(-c4ccccc4CNC(=O)NC45CC6CC(CC(C6)C4)C5)cc3)OC(c3ccc(CO)cc3)C2C)s1. The summed E-state index contributed by atoms with van der Waals surface area (Å²) in [4.78, 5) is 13.2. The molecular formula is C40H46N4O4S2. The van der Waals surface area contributed by atoms with Crippen LogP contribution in [0.4, 0.5) is 4.79 Å². The highest BCUT2D eigenvalue weighted by Gasteiger charge is 2.51. The lowest BCUT2D eigenvalue weighted by Crippen LogP contribution is -2.61. The lowest BCUT2D eigenvalue weighted by Gasteiger charge is -2.56. The lowest BCUT2D eigenvalue weighted by molar-refractivity contribution is -0.268. The second-order valence-electron chi connectivity index (χ2n) is 15.0. The number of aliphatic hydroxyl groups is 1. The van der Waals surface area contributed by atoms with Crippen LogP contribution in [0.25, 0.3) is 11.1 Å². The molecule has 4 saturated carbocycles. The minimum absolute atomic E-state index is 0.00802. The second-order valence-corrected chi connectivity index (χ2v) is 17.5. The highest BCUT2D eigenvalue weighted by atomic mass is 32.2. The molecule has 0 spiro atoms. The molecule has 2 amide bonds. The molecule has 4 atom stereocenters. The number of thioether (sulfide) groups is 1. The third kappa shape index (κ3) is 7.23. The summed E-state index contributed by atoms with van der Waals surface area (Å²) in [5.74, 6) is 3.19. The number of aliphatic hydroxyl groups excluding tert-OH is 1. The molecule has 8 nitrogen and oxygen atoms in total. The van der Waals surface area contributed by atoms with Gasteiger partial charge in [-0.3, -0.25) is 0 Å². The Morgan fingerprint density at radius 2 is 1.60 bits per heavy atom. The topological polar surface area (TPSA) is 106 Å². The Labute approximate surface area is 302 Å². The van der Waals surface area contributed by atoms with Crippen molar-refractivity contribution in [1.82, 2.24) is 20.8 Å². The molecule has 9 rings (SSSR count). The first-order chi connectivity index (χ1) is 24.3. The van der Waals surface area contributed by atoms with Crippen LogP contribution in [-0.4, -0.2) is 38.7 Å². The van der Waals surface area contributed by atoms with E-state index in [2.05, 4.69) is 64.2 Å². The van der Waals surface area contributed by atoms with Crippen LogP contribution in [0.15, 0.2) is 77.1 Å². The Hall–Kier alpha value is -3.28. The van der Waals surface area contributed by atoms with Crippen molar-refractivity contribution in [2.24, 2.45) is 23.7 Å². The third-order valence-corrected chi connectivity index (χ3v) is 13.4. The number of hydrogen-bond acceptors (Lipinski definition) is 8. The van der Waals surface area contributed by atoms with Gasteiger partial charge >= 0.3 is 6.03 Å². The van der Waals surface area contributed by atoms with Crippen molar-refractivity contribution in [3.05, 3.63) is 100 Å². The van der Waals surface area contributed by atoms with E-state index in [1.807, 2.05) is 43.3 Å². The maximum absolute atomic E-state index is 13.2. The number of carbonyl (C=O) groups excluding carboxylic acids is 1. The van der Waals surface area contributed by atoms with E-state index in [1.165, 1.54) is 19.3 Å². The Morgan fingerprint density at radius 1 is 0.920 bits per heavy atom. The van der Waals surface area contributed by atoms with Crippen LogP contribution in [0.3, 0.4) is 0 Å². The molecule has 4 unspecified atom stereocenters. The van der Waals surface area contributed by atoms with Crippen LogP contribution >= 0.6 is 23.1 Å². The monoisotopic (exact) mass is 710 g/mol. The maximum Gasteiger partial charge on any atom is 0.315 e. The zero-order chi connectivity index (χ0) is 34.2. The average Bonchev–Trinajstić information content (AvgIpc) is 3.54. The van der Waals surface area contributed by atoms with Gasteiger partial charge in [-0.25, -0.2) is 4.79 Å². The molecule has 1 saturated heterocycles. The molecule has 3 aromatic carbocycles. The zero-order valence-corrected chi connectivity index (χ0v) is 30.3. The van der Waals surface area contributed by atoms with Crippen molar-refractivity contribution in [1.29, 1.82) is 0 Å². The van der Waals surface area contributed by atoms with Crippen molar-refractivity contribution >= 4 is 29.1 Å². The largest absolute Gasteiger partial charge is 0.392 e. The molecule has 1 aliphatic heterocycles. The molecule has 0 radical (unpaired) electrons. The Bertz CT molecular complexity index is 1760. The predicted molar refractivity (Wildman–Crippen MR) is 196 cm³/mol. The molecule has 1 aromatic heterocycles. The number of aryl methyl sites for hydroxylation is 1. The fourth-order valence-corrected chi connectivity index (χ4v) is 11.3. The standard InChI is InChI=1S/C40H46N4O4S2/c1-24-35(23-49-39-44-43-25(2)50-39)47-37(48-36(24)31-9-7-26(22-45)8-10-31)32-13-11-30(12-14-32)34-6-4-3-5-33(34)21-41-38(46)42-40-18-27-15-28(19-40)17-29(16-27)20-40/h3-14,24,27-29,35-37,45H,15-23H2,1-2H3,(H2,41,42,46). The lowest BCUT2D eigenvalue weighted by atomic mass is 9.53. The number of carbonyl (C=O) groups is 1. The van der Waals surface area contributed by atoms with Gasteiger partial charge in [0.2, 0.25) is 0 Å². The van der Waals surface area contributed by atoms with Crippen molar-refractivity contribution in [3.8, 4) is 11.1 Å². The van der Waals surface area contributed by atoms with Crippen LogP contribution in [0.2, 0.25) is 0 Å². The highest BCUT2D eigenvalue weighted by Crippen LogP contribution is 2.55. The average molecular weight is 711 g/mol. The number of nitrogens with one attached hydrogen (secondary N) is 2. The number of rotatable bonds is 10. The molecule has 4 aromatic rings. The van der Waals surface area contributed by atoms with Crippen LogP contribution in [0, 0.1) is 30.6 Å². The van der Waals surface area contributed by atoms with E-state index in [0.717, 1.165) is 85.5 Å². The van der Waals surface area contributed by atoms with Crippen LogP contribution in [0.5, 0.6) is 0 Å². The van der Waals surface area contributed by atoms with Gasteiger partial charge in [0.05, 0.1) is 18.8 Å². The van der Waals surface area contributed by atoms with E-state index in [4.69, 9.17) is 9.47 Å². The van der Waals surface area contributed by atoms with E-state index in [9.17, 15) is 9.90 Å². The van der Waals surface area contributed by atoms with Crippen molar-refractivity contribution in [2.75, 3.05) is 5.75 Å². The van der Waals surface area contributed by atoms with Gasteiger partial charge in [0.15, 0.2) is 10.6 Å². The third-order valence-electron chi connectivity index (χ3n) is 11.4. The van der Waals surface area contributed by atoms with Crippen molar-refractivity contribution in [3.63, 3.8) is 0 Å². The van der Waals surface area contributed by atoms with Gasteiger partial charge in [-0.2, -0.15) is 0 Å². The minimum atomic E-state index is -0.547. The molecule has 3 N–H and O–H groups in total. The first-order valence-corrected chi connectivity index (χ1v) is 19.8. The molecule has 262 valence electrons. The summed E-state index contributed by atoms with van der Waals surface area (Å²) >= 11 is 3.27. The van der Waals surface area contributed by atoms with Gasteiger partial charge in [-0.1, -0.05) is 103 Å². The second kappa shape index (κ2) is 14.4. The molecule has 5 fully saturated rings. The fraction of sp³-hybridized carbons (Fsp3) is 0.475. The molecule has 4 bridgehead atoms. The number of aromatic nitrogens is 2. The number of amides is 2. The summed E-state index contributed by atoms with van der Waals surface area (Å²) in [6.07, 6.45) is 6.69. The minimum Gasteiger partial charge on any atom is -0.392 e. The Morgan fingerprint density at radius 3 is 2.26 bits per heavy atom. The van der Waals surface area contributed by atoms with Gasteiger partial charge in [0.1, 0.15) is 5.01 Å². The van der Waals surface area contributed by atoms with Gasteiger partial charge in [0, 0.05) is 29.3 Å². The Kier molecular flexibility index (Phi) is 9.74. The highest BCUT2D eigenvalue weighted by molar-refractivity contribution is 8.01. The summed E-state index contributed by atoms with van der Waals surface area (Å²) in [6, 6.07) is 24.7. The van der Waals surface area contributed by atoms with Crippen LogP contribution < -0.4 is 10.6 Å². The smallest absolute Gasteiger partial charge is 0.315 e. The molecule has 10 heteroatoms. The van der Waals surface area contributed by atoms with E-state index < -0.39 is 6.29 Å². The first-order valence-electron chi connectivity index (χ1n) is 18.0. The summed E-state index contributed by atoms with van der Waals surface area (Å²) < 4.78 is 14.3. The van der Waals surface area contributed by atoms with Crippen molar-refractivity contribution in [2.45, 2.75) is 93.9 Å². The number of hydrogen-bond donors (Lipinski definition) is 3. The van der Waals surface area contributed by atoms with Crippen LogP contribution in [-0.2, 0) is 22.6 Å². The Balaban J connectivity index is 0.961. The van der Waals surface area contributed by atoms with E-state index >= 15 is 0 Å².